The molecule has 166 valence electrons. The summed E-state index contributed by atoms with van der Waals surface area (Å²) in [7, 11) is 3.07. The van der Waals surface area contributed by atoms with E-state index in [2.05, 4.69) is 15.6 Å². The summed E-state index contributed by atoms with van der Waals surface area (Å²) in [4.78, 5) is 31.7. The van der Waals surface area contributed by atoms with Crippen molar-refractivity contribution in [2.75, 3.05) is 24.9 Å². The van der Waals surface area contributed by atoms with Gasteiger partial charge in [0.1, 0.15) is 10.8 Å². The van der Waals surface area contributed by atoms with Crippen LogP contribution in [-0.2, 0) is 12.8 Å². The maximum Gasteiger partial charge on any atom is 0.260 e. The van der Waals surface area contributed by atoms with Crippen molar-refractivity contribution in [3.05, 3.63) is 64.2 Å². The van der Waals surface area contributed by atoms with E-state index in [9.17, 15) is 9.59 Å². The molecule has 2 heterocycles. The number of carbonyl (C=O) groups is 2. The van der Waals surface area contributed by atoms with Crippen LogP contribution in [-0.4, -0.2) is 31.0 Å². The number of benzene rings is 1. The van der Waals surface area contributed by atoms with Gasteiger partial charge in [0.25, 0.3) is 11.8 Å². The third kappa shape index (κ3) is 4.60. The molecular weight excluding hydrogens is 426 g/mol. The Balaban J connectivity index is 1.66. The molecule has 0 bridgehead atoms. The molecule has 0 fully saturated rings. The van der Waals surface area contributed by atoms with Crippen molar-refractivity contribution in [3.63, 3.8) is 0 Å². The number of thiophene rings is 1. The second-order valence-corrected chi connectivity index (χ2v) is 8.57. The van der Waals surface area contributed by atoms with Crippen LogP contribution in [0.3, 0.4) is 0 Å². The van der Waals surface area contributed by atoms with Gasteiger partial charge in [-0.05, 0) is 61.6 Å². The van der Waals surface area contributed by atoms with Crippen LogP contribution in [0.1, 0.15) is 50.4 Å². The summed E-state index contributed by atoms with van der Waals surface area (Å²) >= 11 is 1.49. The van der Waals surface area contributed by atoms with Crippen molar-refractivity contribution in [2.45, 2.75) is 32.1 Å². The lowest BCUT2D eigenvalue weighted by Gasteiger charge is -2.11. The number of fused-ring (bicyclic) bond motifs is 1. The number of amides is 2. The molecule has 3 aromatic rings. The van der Waals surface area contributed by atoms with Gasteiger partial charge in [-0.2, -0.15) is 0 Å². The fraction of sp³-hybridized carbons (Fsp3) is 0.292. The summed E-state index contributed by atoms with van der Waals surface area (Å²) < 4.78 is 10.6. The van der Waals surface area contributed by atoms with Gasteiger partial charge in [0.05, 0.1) is 19.8 Å². The number of anilines is 2. The second-order valence-electron chi connectivity index (χ2n) is 7.46. The van der Waals surface area contributed by atoms with Crippen LogP contribution in [0.2, 0.25) is 0 Å². The first-order valence-corrected chi connectivity index (χ1v) is 11.3. The Morgan fingerprint density at radius 1 is 0.938 bits per heavy atom. The van der Waals surface area contributed by atoms with Crippen molar-refractivity contribution in [2.24, 2.45) is 0 Å². The van der Waals surface area contributed by atoms with E-state index >= 15 is 0 Å². The molecule has 0 radical (unpaired) electrons. The summed E-state index contributed by atoms with van der Waals surface area (Å²) in [6.45, 7) is 0. The molecule has 2 amide bonds. The molecule has 0 spiro atoms. The number of nitrogens with zero attached hydrogens (tertiary/aromatic N) is 1. The molecular formula is C24H25N3O4S. The molecule has 0 saturated carbocycles. The maximum atomic E-state index is 13.2. The Morgan fingerprint density at radius 3 is 2.50 bits per heavy atom. The lowest BCUT2D eigenvalue weighted by Crippen LogP contribution is -2.18. The minimum absolute atomic E-state index is 0.259. The van der Waals surface area contributed by atoms with Crippen molar-refractivity contribution in [3.8, 4) is 11.5 Å². The van der Waals surface area contributed by atoms with Gasteiger partial charge in [-0.1, -0.05) is 12.5 Å². The van der Waals surface area contributed by atoms with Crippen LogP contribution in [0.25, 0.3) is 0 Å². The largest absolute Gasteiger partial charge is 0.493 e. The van der Waals surface area contributed by atoms with Crippen molar-refractivity contribution in [1.29, 1.82) is 0 Å². The van der Waals surface area contributed by atoms with Crippen molar-refractivity contribution >= 4 is 34.0 Å². The van der Waals surface area contributed by atoms with E-state index in [0.29, 0.717) is 33.4 Å². The van der Waals surface area contributed by atoms with E-state index < -0.39 is 0 Å². The highest BCUT2D eigenvalue weighted by molar-refractivity contribution is 7.17. The zero-order chi connectivity index (χ0) is 22.5. The Bertz CT molecular complexity index is 1130. The third-order valence-electron chi connectivity index (χ3n) is 5.43. The molecule has 0 unspecified atom stereocenters. The van der Waals surface area contributed by atoms with Gasteiger partial charge in [-0.15, -0.1) is 11.3 Å². The zero-order valence-corrected chi connectivity index (χ0v) is 18.9. The van der Waals surface area contributed by atoms with E-state index in [-0.39, 0.29) is 11.8 Å². The van der Waals surface area contributed by atoms with Gasteiger partial charge in [-0.25, -0.2) is 4.98 Å². The monoisotopic (exact) mass is 451 g/mol. The first-order chi connectivity index (χ1) is 15.6. The van der Waals surface area contributed by atoms with E-state index in [4.69, 9.17) is 9.47 Å². The van der Waals surface area contributed by atoms with Crippen LogP contribution >= 0.6 is 11.3 Å². The number of aromatic nitrogens is 1. The number of nitrogens with one attached hydrogen (secondary N) is 2. The number of hydrogen-bond donors (Lipinski definition) is 2. The van der Waals surface area contributed by atoms with Gasteiger partial charge in [-0.3, -0.25) is 9.59 Å². The summed E-state index contributed by atoms with van der Waals surface area (Å²) in [6.07, 6.45) is 6.60. The highest BCUT2D eigenvalue weighted by Gasteiger charge is 2.26. The smallest absolute Gasteiger partial charge is 0.260 e. The quantitative estimate of drug-likeness (QED) is 0.519. The van der Waals surface area contributed by atoms with Crippen LogP contribution in [0.4, 0.5) is 10.8 Å². The predicted molar refractivity (Wildman–Crippen MR) is 125 cm³/mol. The van der Waals surface area contributed by atoms with Crippen LogP contribution < -0.4 is 20.1 Å². The Morgan fingerprint density at radius 2 is 1.75 bits per heavy atom. The van der Waals surface area contributed by atoms with Crippen LogP contribution in [0, 0.1) is 0 Å². The molecule has 2 N–H and O–H groups in total. The molecule has 2 aromatic heterocycles. The molecule has 0 atom stereocenters. The Kier molecular flexibility index (Phi) is 6.70. The minimum Gasteiger partial charge on any atom is -0.493 e. The van der Waals surface area contributed by atoms with Gasteiger partial charge in [0.15, 0.2) is 11.5 Å². The maximum absolute atomic E-state index is 13.2. The number of ether oxygens (including phenoxy) is 2. The number of carbonyl (C=O) groups excluding carboxylic acids is 2. The van der Waals surface area contributed by atoms with E-state index in [1.165, 1.54) is 18.4 Å². The van der Waals surface area contributed by atoms with Crippen molar-refractivity contribution < 1.29 is 19.1 Å². The normalized spacial score (nSPS) is 12.9. The molecule has 32 heavy (non-hydrogen) atoms. The molecule has 0 saturated heterocycles. The van der Waals surface area contributed by atoms with Gasteiger partial charge >= 0.3 is 0 Å². The van der Waals surface area contributed by atoms with E-state index in [1.54, 1.807) is 43.6 Å². The standard InChI is InChI=1S/C24H25N3O4S/c1-30-17-12-11-15(14-18(17)31-2)22(28)27-24-21(16-8-4-3-5-9-19(16)32-24)23(29)26-20-10-6-7-13-25-20/h6-7,10-14H,3-5,8-9H2,1-2H3,(H,27,28)(H,25,26,29). The van der Waals surface area contributed by atoms with Crippen LogP contribution in [0.15, 0.2) is 42.6 Å². The fourth-order valence-electron chi connectivity index (χ4n) is 3.84. The summed E-state index contributed by atoms with van der Waals surface area (Å²) in [6, 6.07) is 10.3. The first-order valence-electron chi connectivity index (χ1n) is 10.5. The molecule has 7 nitrogen and oxygen atoms in total. The van der Waals surface area contributed by atoms with Crippen molar-refractivity contribution in [1.82, 2.24) is 4.98 Å². The number of rotatable bonds is 6. The highest BCUT2D eigenvalue weighted by Crippen LogP contribution is 2.38. The summed E-state index contributed by atoms with van der Waals surface area (Å²) in [5.74, 6) is 0.917. The lowest BCUT2D eigenvalue weighted by molar-refractivity contribution is 0.102. The third-order valence-corrected chi connectivity index (χ3v) is 6.63. The Hall–Kier alpha value is -3.39. The summed E-state index contributed by atoms with van der Waals surface area (Å²) in [5.41, 5.74) is 1.98. The predicted octanol–water partition coefficient (Wildman–Crippen LogP) is 4.93. The lowest BCUT2D eigenvalue weighted by atomic mass is 10.0. The van der Waals surface area contributed by atoms with Gasteiger partial charge in [0.2, 0.25) is 0 Å². The number of methoxy groups -OCH3 is 2. The van der Waals surface area contributed by atoms with E-state index in [1.807, 2.05) is 6.07 Å². The van der Waals surface area contributed by atoms with Crippen LogP contribution in [0.5, 0.6) is 11.5 Å². The highest BCUT2D eigenvalue weighted by atomic mass is 32.1. The summed E-state index contributed by atoms with van der Waals surface area (Å²) in [5, 5.41) is 6.39. The van der Waals surface area contributed by atoms with Gasteiger partial charge in [0, 0.05) is 16.6 Å². The number of aryl methyl sites for hydroxylation is 1. The molecule has 8 heteroatoms. The number of hydrogen-bond acceptors (Lipinski definition) is 6. The molecule has 1 aromatic carbocycles. The molecule has 1 aliphatic rings. The molecule has 4 rings (SSSR count). The SMILES string of the molecule is COc1ccc(C(=O)Nc2sc3c(c2C(=O)Nc2ccccn2)CCCCC3)cc1OC. The second kappa shape index (κ2) is 9.82. The average Bonchev–Trinajstić information content (AvgIpc) is 2.99. The zero-order valence-electron chi connectivity index (χ0n) is 18.1. The minimum atomic E-state index is -0.311. The molecule has 0 aliphatic heterocycles. The number of pyridine rings is 1. The fourth-order valence-corrected chi connectivity index (χ4v) is 5.12. The first kappa shape index (κ1) is 21.8. The molecule has 1 aliphatic carbocycles. The Labute approximate surface area is 190 Å². The van der Waals surface area contributed by atoms with E-state index in [0.717, 1.165) is 42.5 Å². The average molecular weight is 452 g/mol. The van der Waals surface area contributed by atoms with Gasteiger partial charge < -0.3 is 20.1 Å². The topological polar surface area (TPSA) is 89.5 Å².